The first-order valence-corrected chi connectivity index (χ1v) is 17.5. The molecule has 4 atom stereocenters. The lowest BCUT2D eigenvalue weighted by Crippen LogP contribution is -2.51. The maximum atomic E-state index is 17.1. The lowest BCUT2D eigenvalue weighted by Gasteiger charge is -2.35. The number of aromatic hydroxyl groups is 1. The molecular weight excluding hydrogens is 637 g/mol. The van der Waals surface area contributed by atoms with Crippen molar-refractivity contribution in [1.29, 1.82) is 0 Å². The smallest absolute Gasteiger partial charge is 0.409 e. The highest BCUT2D eigenvalue weighted by atomic mass is 19.1. The number of anilines is 1. The van der Waals surface area contributed by atoms with Crippen LogP contribution < -0.4 is 15.0 Å². The van der Waals surface area contributed by atoms with Gasteiger partial charge < -0.3 is 29.7 Å². The van der Waals surface area contributed by atoms with Crippen molar-refractivity contribution in [2.45, 2.75) is 69.1 Å². The summed E-state index contributed by atoms with van der Waals surface area (Å²) in [5.74, 6) is 2.68. The van der Waals surface area contributed by atoms with Crippen molar-refractivity contribution in [2.24, 2.45) is 0 Å². The number of phenols is 1. The number of amides is 1. The van der Waals surface area contributed by atoms with Crippen LogP contribution in [0.25, 0.3) is 32.9 Å². The van der Waals surface area contributed by atoms with Crippen molar-refractivity contribution in [3.05, 3.63) is 47.4 Å². The number of terminal acetylenes is 1. The number of hydrogen-bond donors (Lipinski definition) is 2. The summed E-state index contributed by atoms with van der Waals surface area (Å²) in [6.07, 6.45) is 11.4. The second-order valence-corrected chi connectivity index (χ2v) is 14.5. The van der Waals surface area contributed by atoms with Crippen LogP contribution >= 0.6 is 0 Å². The molecule has 12 heteroatoms. The summed E-state index contributed by atoms with van der Waals surface area (Å²) in [5, 5.41) is 16.2. The Morgan fingerprint density at radius 2 is 1.94 bits per heavy atom. The van der Waals surface area contributed by atoms with Gasteiger partial charge in [-0.15, -0.1) is 6.42 Å². The molecule has 11 nitrogen and oxygen atoms in total. The number of nitrogens with one attached hydrogen (secondary N) is 1. The van der Waals surface area contributed by atoms with Crippen molar-refractivity contribution in [3.8, 4) is 35.4 Å². The van der Waals surface area contributed by atoms with Crippen LogP contribution in [-0.2, 0) is 4.74 Å². The van der Waals surface area contributed by atoms with Gasteiger partial charge in [0.1, 0.15) is 36.0 Å². The summed E-state index contributed by atoms with van der Waals surface area (Å²) < 4.78 is 29.2. The van der Waals surface area contributed by atoms with Gasteiger partial charge in [0.25, 0.3) is 0 Å². The second kappa shape index (κ2) is 12.5. The van der Waals surface area contributed by atoms with Gasteiger partial charge in [-0.2, -0.15) is 9.97 Å². The van der Waals surface area contributed by atoms with Crippen molar-refractivity contribution < 1.29 is 23.8 Å². The molecule has 50 heavy (non-hydrogen) atoms. The summed E-state index contributed by atoms with van der Waals surface area (Å²) >= 11 is 0. The monoisotopic (exact) mass is 679 g/mol. The lowest BCUT2D eigenvalue weighted by molar-refractivity contribution is 0.0484. The normalized spacial score (nSPS) is 24.5. The number of carbonyl (C=O) groups is 1. The predicted octanol–water partition coefficient (Wildman–Crippen LogP) is 4.99. The number of nitrogens with zero attached hydrogens (tertiary/aromatic N) is 6. The van der Waals surface area contributed by atoms with E-state index in [0.29, 0.717) is 64.1 Å². The van der Waals surface area contributed by atoms with Gasteiger partial charge in [-0.25, -0.2) is 14.2 Å². The number of phenolic OH excluding ortho intramolecular Hbond substituents is 1. The van der Waals surface area contributed by atoms with E-state index < -0.39 is 5.82 Å². The molecule has 4 aliphatic heterocycles. The number of carbonyl (C=O) groups excluding carboxylic acids is 1. The Balaban J connectivity index is 1.20. The third-order valence-corrected chi connectivity index (χ3v) is 11.1. The van der Waals surface area contributed by atoms with Crippen molar-refractivity contribution in [2.75, 3.05) is 51.8 Å². The van der Waals surface area contributed by atoms with Gasteiger partial charge in [0.05, 0.1) is 16.6 Å². The molecule has 2 aromatic heterocycles. The molecule has 6 heterocycles. The van der Waals surface area contributed by atoms with E-state index in [2.05, 4.69) is 21.0 Å². The van der Waals surface area contributed by atoms with Crippen LogP contribution in [0.4, 0.5) is 15.0 Å². The topological polar surface area (TPSA) is 116 Å². The zero-order valence-electron chi connectivity index (χ0n) is 28.7. The predicted molar refractivity (Wildman–Crippen MR) is 189 cm³/mol. The van der Waals surface area contributed by atoms with Crippen molar-refractivity contribution in [3.63, 3.8) is 0 Å². The van der Waals surface area contributed by atoms with Gasteiger partial charge in [-0.05, 0) is 75.6 Å². The Morgan fingerprint density at radius 3 is 2.70 bits per heavy atom. The number of hydrogen-bond acceptors (Lipinski definition) is 10. The molecule has 4 aromatic rings. The SMILES string of the molecule is C#Cc1cccc2cc(O)cc(-c3nc(C)c4c(N5CC6CCC(C5)N6)nc(OC[C@]56CCCN5[C@@H](COC(=O)N(C)C)CC6)nc4c3F)c12. The largest absolute Gasteiger partial charge is 0.508 e. The molecule has 2 bridgehead atoms. The fraction of sp³-hybridized carbons (Fsp3) is 0.474. The maximum Gasteiger partial charge on any atom is 0.409 e. The minimum absolute atomic E-state index is 0.0176. The first-order valence-electron chi connectivity index (χ1n) is 17.5. The Hall–Kier alpha value is -4.73. The van der Waals surface area contributed by atoms with E-state index in [4.69, 9.17) is 30.8 Å². The van der Waals surface area contributed by atoms with Crippen LogP contribution in [0.3, 0.4) is 0 Å². The second-order valence-electron chi connectivity index (χ2n) is 14.5. The average molecular weight is 680 g/mol. The quantitative estimate of drug-likeness (QED) is 0.259. The Bertz CT molecular complexity index is 2040. The fourth-order valence-electron chi connectivity index (χ4n) is 8.75. The highest BCUT2D eigenvalue weighted by Gasteiger charge is 2.50. The Labute approximate surface area is 290 Å². The molecule has 0 saturated carbocycles. The molecule has 0 spiro atoms. The number of aryl methyl sites for hydroxylation is 1. The standard InChI is InChI=1S/C38H42FN7O4/c1-5-23-8-6-9-24-16-28(47)17-29(31(23)24)33-32(39)34-30(22(2)40-33)35(45-18-25-10-11-26(19-45)41-25)43-36(42-34)50-21-38-13-7-15-46(38)27(12-14-38)20-49-37(48)44(3)4/h1,6,8-9,16-17,25-27,41,47H,7,10-15,18-21H2,2-4H3/t25?,26?,27-,38-/m1/s1. The summed E-state index contributed by atoms with van der Waals surface area (Å²) in [7, 11) is 3.36. The van der Waals surface area contributed by atoms with Crippen molar-refractivity contribution in [1.82, 2.24) is 30.1 Å². The molecular formula is C38H42FN7O4. The molecule has 2 N–H and O–H groups in total. The molecule has 0 aliphatic carbocycles. The van der Waals surface area contributed by atoms with Gasteiger partial charge in [0.15, 0.2) is 5.82 Å². The van der Waals surface area contributed by atoms with Crippen LogP contribution in [0, 0.1) is 25.1 Å². The third kappa shape index (κ3) is 5.53. The number of piperazine rings is 1. The van der Waals surface area contributed by atoms with Crippen LogP contribution in [0.2, 0.25) is 0 Å². The summed E-state index contributed by atoms with van der Waals surface area (Å²) in [6, 6.07) is 9.43. The Kier molecular flexibility index (Phi) is 8.15. The summed E-state index contributed by atoms with van der Waals surface area (Å²) in [5.41, 5.74) is 1.48. The highest BCUT2D eigenvalue weighted by molar-refractivity contribution is 6.03. The molecule has 4 fully saturated rings. The minimum atomic E-state index is -0.625. The van der Waals surface area contributed by atoms with E-state index >= 15 is 4.39 Å². The van der Waals surface area contributed by atoms with E-state index in [0.717, 1.165) is 58.2 Å². The fourth-order valence-corrected chi connectivity index (χ4v) is 8.75. The number of benzene rings is 2. The van der Waals surface area contributed by atoms with E-state index in [9.17, 15) is 9.90 Å². The number of pyridine rings is 1. The number of ether oxygens (including phenoxy) is 2. The van der Waals surface area contributed by atoms with Crippen LogP contribution in [-0.4, -0.2) is 107 Å². The summed E-state index contributed by atoms with van der Waals surface area (Å²) in [4.78, 5) is 32.8. The number of aromatic nitrogens is 3. The number of rotatable bonds is 7. The molecule has 2 unspecified atom stereocenters. The van der Waals surface area contributed by atoms with Gasteiger partial charge in [-0.3, -0.25) is 4.90 Å². The van der Waals surface area contributed by atoms with E-state index in [1.54, 1.807) is 26.2 Å². The molecule has 0 radical (unpaired) electrons. The summed E-state index contributed by atoms with van der Waals surface area (Å²) in [6.45, 7) is 4.87. The maximum absolute atomic E-state index is 17.1. The van der Waals surface area contributed by atoms with Gasteiger partial charge >= 0.3 is 12.1 Å². The van der Waals surface area contributed by atoms with Gasteiger partial charge in [0.2, 0.25) is 0 Å². The molecule has 2 aromatic carbocycles. The zero-order valence-corrected chi connectivity index (χ0v) is 28.7. The van der Waals surface area contributed by atoms with Gasteiger partial charge in [0, 0.05) is 61.8 Å². The molecule has 4 aliphatic rings. The number of fused-ring (bicyclic) bond motifs is 5. The minimum Gasteiger partial charge on any atom is -0.508 e. The van der Waals surface area contributed by atoms with E-state index in [1.165, 1.54) is 11.0 Å². The van der Waals surface area contributed by atoms with Crippen LogP contribution in [0.15, 0.2) is 30.3 Å². The average Bonchev–Trinajstić information content (AvgIpc) is 3.79. The van der Waals surface area contributed by atoms with Crippen LogP contribution in [0.1, 0.15) is 49.8 Å². The molecule has 8 rings (SSSR count). The number of halogens is 1. The highest BCUT2D eigenvalue weighted by Crippen LogP contribution is 2.44. The Morgan fingerprint density at radius 1 is 1.14 bits per heavy atom. The van der Waals surface area contributed by atoms with Crippen molar-refractivity contribution >= 4 is 33.6 Å². The van der Waals surface area contributed by atoms with E-state index in [1.807, 2.05) is 19.1 Å². The van der Waals surface area contributed by atoms with E-state index in [-0.39, 0.29) is 40.6 Å². The molecule has 260 valence electrons. The van der Waals surface area contributed by atoms with Gasteiger partial charge in [-0.1, -0.05) is 18.1 Å². The third-order valence-electron chi connectivity index (χ3n) is 11.1. The van der Waals surface area contributed by atoms with Crippen LogP contribution in [0.5, 0.6) is 11.8 Å². The zero-order chi connectivity index (χ0) is 34.7. The lowest BCUT2D eigenvalue weighted by atomic mass is 9.95. The molecule has 1 amide bonds. The first kappa shape index (κ1) is 32.5. The first-order chi connectivity index (χ1) is 24.1. The molecule has 4 saturated heterocycles.